The van der Waals surface area contributed by atoms with Gasteiger partial charge >= 0.3 is 0 Å². The second kappa shape index (κ2) is 10.0. The molecule has 0 aromatic heterocycles. The van der Waals surface area contributed by atoms with E-state index < -0.39 is 10.0 Å². The molecule has 1 atom stereocenters. The van der Waals surface area contributed by atoms with Gasteiger partial charge in [-0.15, -0.1) is 0 Å². The predicted octanol–water partition coefficient (Wildman–Crippen LogP) is 5.62. The molecule has 3 aromatic rings. The maximum absolute atomic E-state index is 13.1. The number of benzene rings is 3. The van der Waals surface area contributed by atoms with Gasteiger partial charge in [0.2, 0.25) is 0 Å². The zero-order valence-corrected chi connectivity index (χ0v) is 19.7. The van der Waals surface area contributed by atoms with Gasteiger partial charge in [-0.3, -0.25) is 9.52 Å². The molecule has 6 heteroatoms. The number of anilines is 1. The maximum atomic E-state index is 13.1. The molecule has 0 saturated carbocycles. The van der Waals surface area contributed by atoms with Gasteiger partial charge in [0.25, 0.3) is 15.9 Å². The summed E-state index contributed by atoms with van der Waals surface area (Å²) < 4.78 is 28.7. The first kappa shape index (κ1) is 23.5. The first-order valence-electron chi connectivity index (χ1n) is 10.7. The largest absolute Gasteiger partial charge is 0.345 e. The smallest absolute Gasteiger partial charge is 0.262 e. The van der Waals surface area contributed by atoms with Crippen molar-refractivity contribution in [1.29, 1.82) is 0 Å². The number of nitrogens with one attached hydrogen (secondary N) is 2. The van der Waals surface area contributed by atoms with E-state index >= 15 is 0 Å². The number of hydrogen-bond donors (Lipinski definition) is 2. The third-order valence-electron chi connectivity index (χ3n) is 5.26. The van der Waals surface area contributed by atoms with Crippen LogP contribution in [0.5, 0.6) is 0 Å². The first-order valence-corrected chi connectivity index (χ1v) is 12.2. The van der Waals surface area contributed by atoms with E-state index in [1.54, 1.807) is 31.2 Å². The topological polar surface area (TPSA) is 75.3 Å². The van der Waals surface area contributed by atoms with Gasteiger partial charge in [0, 0.05) is 11.3 Å². The lowest BCUT2D eigenvalue weighted by Gasteiger charge is -2.21. The fraction of sp³-hybridized carbons (Fsp3) is 0.269. The lowest BCUT2D eigenvalue weighted by Crippen LogP contribution is -2.29. The fourth-order valence-corrected chi connectivity index (χ4v) is 4.87. The molecule has 5 nitrogen and oxygen atoms in total. The lowest BCUT2D eigenvalue weighted by atomic mass is 9.96. The van der Waals surface area contributed by atoms with E-state index in [0.29, 0.717) is 22.7 Å². The van der Waals surface area contributed by atoms with Crippen LogP contribution in [-0.4, -0.2) is 14.3 Å². The van der Waals surface area contributed by atoms with Crippen LogP contribution in [-0.2, 0) is 10.0 Å². The summed E-state index contributed by atoms with van der Waals surface area (Å²) in [6, 6.07) is 21.5. The van der Waals surface area contributed by atoms with Crippen LogP contribution >= 0.6 is 0 Å². The number of amides is 1. The Morgan fingerprint density at radius 2 is 1.56 bits per heavy atom. The van der Waals surface area contributed by atoms with Gasteiger partial charge < -0.3 is 5.32 Å². The zero-order valence-electron chi connectivity index (χ0n) is 18.9. The highest BCUT2D eigenvalue weighted by atomic mass is 32.2. The van der Waals surface area contributed by atoms with Crippen molar-refractivity contribution in [3.8, 4) is 0 Å². The van der Waals surface area contributed by atoms with Crippen molar-refractivity contribution in [3.05, 3.63) is 95.1 Å². The molecule has 32 heavy (non-hydrogen) atoms. The first-order chi connectivity index (χ1) is 15.2. The van der Waals surface area contributed by atoms with Gasteiger partial charge in [0.1, 0.15) is 0 Å². The Morgan fingerprint density at radius 3 is 2.19 bits per heavy atom. The highest BCUT2D eigenvalue weighted by Crippen LogP contribution is 2.24. The molecule has 1 amide bonds. The quantitative estimate of drug-likeness (QED) is 0.468. The summed E-state index contributed by atoms with van der Waals surface area (Å²) in [5, 5.41) is 3.08. The normalized spacial score (nSPS) is 12.4. The fourth-order valence-electron chi connectivity index (χ4n) is 3.54. The van der Waals surface area contributed by atoms with Crippen molar-refractivity contribution in [1.82, 2.24) is 5.32 Å². The molecular weight excluding hydrogens is 420 g/mol. The van der Waals surface area contributed by atoms with Gasteiger partial charge in [0.15, 0.2) is 0 Å². The van der Waals surface area contributed by atoms with Crippen LogP contribution in [0.1, 0.15) is 53.4 Å². The molecule has 3 rings (SSSR count). The van der Waals surface area contributed by atoms with Crippen molar-refractivity contribution >= 4 is 21.6 Å². The van der Waals surface area contributed by atoms with Gasteiger partial charge in [-0.25, -0.2) is 8.42 Å². The third-order valence-corrected chi connectivity index (χ3v) is 6.78. The van der Waals surface area contributed by atoms with E-state index in [2.05, 4.69) is 23.9 Å². The Labute approximate surface area is 190 Å². The summed E-state index contributed by atoms with van der Waals surface area (Å²) in [6.07, 6.45) is 0.780. The monoisotopic (exact) mass is 450 g/mol. The van der Waals surface area contributed by atoms with Crippen LogP contribution in [0.15, 0.2) is 77.7 Å². The molecule has 168 valence electrons. The Hall–Kier alpha value is -3.12. The number of carbonyl (C=O) groups is 1. The van der Waals surface area contributed by atoms with Gasteiger partial charge in [-0.05, 0) is 61.6 Å². The van der Waals surface area contributed by atoms with E-state index in [1.807, 2.05) is 49.4 Å². The Morgan fingerprint density at radius 1 is 0.906 bits per heavy atom. The highest BCUT2D eigenvalue weighted by Gasteiger charge is 2.21. The summed E-state index contributed by atoms with van der Waals surface area (Å²) in [5.74, 6) is 0.0828. The molecule has 2 N–H and O–H groups in total. The van der Waals surface area contributed by atoms with Crippen LogP contribution < -0.4 is 10.0 Å². The maximum Gasteiger partial charge on any atom is 0.262 e. The molecule has 3 aromatic carbocycles. The summed E-state index contributed by atoms with van der Waals surface area (Å²) in [7, 11) is -3.84. The minimum atomic E-state index is -3.84. The number of carbonyl (C=O) groups excluding carboxylic acids is 1. The highest BCUT2D eigenvalue weighted by molar-refractivity contribution is 7.92. The lowest BCUT2D eigenvalue weighted by molar-refractivity contribution is 0.0931. The Balaban J connectivity index is 1.86. The third kappa shape index (κ3) is 5.98. The number of aryl methyl sites for hydroxylation is 2. The summed E-state index contributed by atoms with van der Waals surface area (Å²) in [4.78, 5) is 13.2. The van der Waals surface area contributed by atoms with Gasteiger partial charge in [-0.2, -0.15) is 0 Å². The molecule has 0 unspecified atom stereocenters. The summed E-state index contributed by atoms with van der Waals surface area (Å²) in [5.41, 5.74) is 3.42. The minimum Gasteiger partial charge on any atom is -0.345 e. The second-order valence-electron chi connectivity index (χ2n) is 8.52. The molecule has 0 spiro atoms. The molecular formula is C26H30N2O3S. The number of sulfonamides is 1. The molecule has 0 bridgehead atoms. The Kier molecular flexibility index (Phi) is 7.36. The SMILES string of the molecule is Cc1ccc(NS(=O)(=O)c2cc(C(=O)N[C@H](CC(C)C)c3ccccc3)ccc2C)cc1. The van der Waals surface area contributed by atoms with Crippen LogP contribution in [0.2, 0.25) is 0 Å². The summed E-state index contributed by atoms with van der Waals surface area (Å²) >= 11 is 0. The van der Waals surface area contributed by atoms with Crippen LogP contribution in [0.3, 0.4) is 0 Å². The average Bonchev–Trinajstić information content (AvgIpc) is 2.75. The average molecular weight is 451 g/mol. The molecule has 0 heterocycles. The van der Waals surface area contributed by atoms with E-state index in [4.69, 9.17) is 0 Å². The van der Waals surface area contributed by atoms with Crippen molar-refractivity contribution in [2.24, 2.45) is 5.92 Å². The van der Waals surface area contributed by atoms with Gasteiger partial charge in [0.05, 0.1) is 10.9 Å². The Bertz CT molecular complexity index is 1170. The predicted molar refractivity (Wildman–Crippen MR) is 129 cm³/mol. The minimum absolute atomic E-state index is 0.0887. The van der Waals surface area contributed by atoms with Crippen LogP contribution in [0.25, 0.3) is 0 Å². The van der Waals surface area contributed by atoms with E-state index in [-0.39, 0.29) is 16.8 Å². The summed E-state index contributed by atoms with van der Waals surface area (Å²) in [6.45, 7) is 7.87. The van der Waals surface area contributed by atoms with Gasteiger partial charge in [-0.1, -0.05) is 67.9 Å². The molecule has 0 radical (unpaired) electrons. The van der Waals surface area contributed by atoms with Crippen LogP contribution in [0, 0.1) is 19.8 Å². The van der Waals surface area contributed by atoms with Crippen molar-refractivity contribution in [3.63, 3.8) is 0 Å². The zero-order chi connectivity index (χ0) is 23.3. The van der Waals surface area contributed by atoms with E-state index in [1.165, 1.54) is 6.07 Å². The second-order valence-corrected chi connectivity index (χ2v) is 10.2. The number of rotatable bonds is 8. The van der Waals surface area contributed by atoms with Crippen molar-refractivity contribution in [2.75, 3.05) is 4.72 Å². The molecule has 0 fully saturated rings. The molecule has 0 aliphatic rings. The van der Waals surface area contributed by atoms with Crippen molar-refractivity contribution in [2.45, 2.75) is 45.1 Å². The van der Waals surface area contributed by atoms with Crippen molar-refractivity contribution < 1.29 is 13.2 Å². The molecule has 0 aliphatic carbocycles. The number of hydrogen-bond acceptors (Lipinski definition) is 3. The standard InChI is InChI=1S/C26H30N2O3S/c1-18(2)16-24(21-8-6-5-7-9-21)27-26(29)22-13-12-20(4)25(17-22)32(30,31)28-23-14-10-19(3)11-15-23/h5-15,17-18,24,28H,16H2,1-4H3,(H,27,29)/t24-/m1/s1. The molecule has 0 aliphatic heterocycles. The van der Waals surface area contributed by atoms with E-state index in [0.717, 1.165) is 17.5 Å². The molecule has 0 saturated heterocycles. The van der Waals surface area contributed by atoms with E-state index in [9.17, 15) is 13.2 Å². The van der Waals surface area contributed by atoms with Crippen LogP contribution in [0.4, 0.5) is 5.69 Å².